The molecule has 1 aromatic rings. The molecular weight excluding hydrogens is 202 g/mol. The summed E-state index contributed by atoms with van der Waals surface area (Å²) in [6, 6.07) is 0. The summed E-state index contributed by atoms with van der Waals surface area (Å²) in [7, 11) is 1.57. The average Bonchev–Trinajstić information content (AvgIpc) is 2.55. The highest BCUT2D eigenvalue weighted by atomic mass is 16.5. The molecule has 0 spiro atoms. The lowest BCUT2D eigenvalue weighted by molar-refractivity contribution is 0.0494. The van der Waals surface area contributed by atoms with E-state index in [9.17, 15) is 4.79 Å². The fourth-order valence-electron chi connectivity index (χ4n) is 1.01. The summed E-state index contributed by atoms with van der Waals surface area (Å²) >= 11 is 0. The molecule has 1 aromatic heterocycles. The first-order valence-electron chi connectivity index (χ1n) is 4.41. The van der Waals surface area contributed by atoms with Crippen LogP contribution in [0.15, 0.2) is 4.42 Å². The van der Waals surface area contributed by atoms with Crippen LogP contribution in [0.5, 0.6) is 0 Å². The second-order valence-electron chi connectivity index (χ2n) is 2.87. The molecule has 0 atom stereocenters. The van der Waals surface area contributed by atoms with E-state index in [1.54, 1.807) is 14.0 Å². The van der Waals surface area contributed by atoms with Gasteiger partial charge < -0.3 is 19.0 Å². The summed E-state index contributed by atoms with van der Waals surface area (Å²) in [5.74, 6) is -0.996. The summed E-state index contributed by atoms with van der Waals surface area (Å²) in [5.41, 5.74) is 0.354. The van der Waals surface area contributed by atoms with Crippen molar-refractivity contribution in [1.82, 2.24) is 4.98 Å². The van der Waals surface area contributed by atoms with Gasteiger partial charge in [-0.2, -0.15) is 0 Å². The summed E-state index contributed by atoms with van der Waals surface area (Å²) < 4.78 is 14.9. The van der Waals surface area contributed by atoms with Gasteiger partial charge in [-0.1, -0.05) is 0 Å². The molecular formula is C9H13NO5. The Morgan fingerprint density at radius 2 is 2.27 bits per heavy atom. The van der Waals surface area contributed by atoms with Crippen molar-refractivity contribution in [3.63, 3.8) is 0 Å². The van der Waals surface area contributed by atoms with Gasteiger partial charge in [-0.3, -0.25) is 0 Å². The normalized spacial score (nSPS) is 10.5. The number of nitrogens with zero attached hydrogens (tertiary/aromatic N) is 1. The first-order valence-corrected chi connectivity index (χ1v) is 4.41. The summed E-state index contributed by atoms with van der Waals surface area (Å²) in [6.07, 6.45) is 0. The lowest BCUT2D eigenvalue weighted by Gasteiger charge is -1.98. The van der Waals surface area contributed by atoms with Crippen molar-refractivity contribution < 1.29 is 23.8 Å². The van der Waals surface area contributed by atoms with E-state index in [-0.39, 0.29) is 18.3 Å². The smallest absolute Gasteiger partial charge is 0.373 e. The zero-order valence-corrected chi connectivity index (χ0v) is 8.65. The Morgan fingerprint density at radius 3 is 2.80 bits per heavy atom. The Morgan fingerprint density at radius 1 is 1.53 bits per heavy atom. The molecule has 1 heterocycles. The molecule has 0 saturated heterocycles. The number of rotatable bonds is 6. The van der Waals surface area contributed by atoms with Gasteiger partial charge in [-0.25, -0.2) is 9.78 Å². The van der Waals surface area contributed by atoms with E-state index in [0.29, 0.717) is 18.9 Å². The molecule has 84 valence electrons. The zero-order valence-electron chi connectivity index (χ0n) is 8.65. The summed E-state index contributed by atoms with van der Waals surface area (Å²) in [4.78, 5) is 14.5. The van der Waals surface area contributed by atoms with Crippen LogP contribution in [0.1, 0.15) is 22.1 Å². The molecule has 0 aliphatic carbocycles. The van der Waals surface area contributed by atoms with Crippen molar-refractivity contribution in [1.29, 1.82) is 0 Å². The number of hydrogen-bond acceptors (Lipinski definition) is 5. The van der Waals surface area contributed by atoms with Gasteiger partial charge in [0, 0.05) is 7.11 Å². The Kier molecular flexibility index (Phi) is 4.26. The Balaban J connectivity index is 2.48. The van der Waals surface area contributed by atoms with Gasteiger partial charge in [0.15, 0.2) is 0 Å². The zero-order chi connectivity index (χ0) is 11.3. The third-order valence-corrected chi connectivity index (χ3v) is 1.69. The summed E-state index contributed by atoms with van der Waals surface area (Å²) in [5, 5.41) is 8.69. The number of oxazole rings is 1. The van der Waals surface area contributed by atoms with Crippen molar-refractivity contribution in [2.45, 2.75) is 13.5 Å². The molecule has 0 aliphatic heterocycles. The predicted molar refractivity (Wildman–Crippen MR) is 49.7 cm³/mol. The van der Waals surface area contributed by atoms with Crippen LogP contribution >= 0.6 is 0 Å². The summed E-state index contributed by atoms with van der Waals surface area (Å²) in [6.45, 7) is 2.62. The SMILES string of the molecule is COCCOCc1nc(C)c(C(=O)O)o1. The van der Waals surface area contributed by atoms with Gasteiger partial charge in [0.25, 0.3) is 0 Å². The first kappa shape index (κ1) is 11.7. The largest absolute Gasteiger partial charge is 0.475 e. The Labute approximate surface area is 86.8 Å². The van der Waals surface area contributed by atoms with Gasteiger partial charge in [-0.05, 0) is 6.92 Å². The molecule has 0 bridgehead atoms. The van der Waals surface area contributed by atoms with E-state index in [4.69, 9.17) is 19.0 Å². The molecule has 0 radical (unpaired) electrons. The molecule has 0 saturated carbocycles. The molecule has 15 heavy (non-hydrogen) atoms. The van der Waals surface area contributed by atoms with Gasteiger partial charge >= 0.3 is 5.97 Å². The van der Waals surface area contributed by atoms with Crippen LogP contribution in [0.4, 0.5) is 0 Å². The second kappa shape index (κ2) is 5.47. The van der Waals surface area contributed by atoms with Gasteiger partial charge in [0.1, 0.15) is 6.61 Å². The van der Waals surface area contributed by atoms with Crippen molar-refractivity contribution >= 4 is 5.97 Å². The Bertz CT molecular complexity index is 333. The second-order valence-corrected chi connectivity index (χ2v) is 2.87. The van der Waals surface area contributed by atoms with Crippen LogP contribution in [-0.4, -0.2) is 36.4 Å². The van der Waals surface area contributed by atoms with Crippen molar-refractivity contribution in [3.05, 3.63) is 17.3 Å². The molecule has 1 N–H and O–H groups in total. The maximum Gasteiger partial charge on any atom is 0.373 e. The van der Waals surface area contributed by atoms with Crippen LogP contribution in [0.2, 0.25) is 0 Å². The van der Waals surface area contributed by atoms with E-state index in [0.717, 1.165) is 0 Å². The molecule has 0 aliphatic rings. The molecule has 0 amide bonds. The fraction of sp³-hybridized carbons (Fsp3) is 0.556. The van der Waals surface area contributed by atoms with Crippen LogP contribution in [0.25, 0.3) is 0 Å². The topological polar surface area (TPSA) is 81.8 Å². The third-order valence-electron chi connectivity index (χ3n) is 1.69. The standard InChI is InChI=1S/C9H13NO5/c1-6-8(9(11)12)15-7(10-6)5-14-4-3-13-2/h3-5H2,1-2H3,(H,11,12). The van der Waals surface area contributed by atoms with Crippen LogP contribution < -0.4 is 0 Å². The molecule has 6 nitrogen and oxygen atoms in total. The van der Waals surface area contributed by atoms with Crippen LogP contribution in [0, 0.1) is 6.92 Å². The predicted octanol–water partition coefficient (Wildman–Crippen LogP) is 0.844. The maximum absolute atomic E-state index is 10.6. The number of hydrogen-bond donors (Lipinski definition) is 1. The minimum absolute atomic E-state index is 0.139. The number of carboxylic acids is 1. The quantitative estimate of drug-likeness (QED) is 0.708. The molecule has 1 rings (SSSR count). The Hall–Kier alpha value is -1.40. The molecule has 6 heteroatoms. The van der Waals surface area contributed by atoms with Crippen molar-refractivity contribution in [2.24, 2.45) is 0 Å². The average molecular weight is 215 g/mol. The van der Waals surface area contributed by atoms with Gasteiger partial charge in [0.2, 0.25) is 11.7 Å². The molecule has 0 fully saturated rings. The number of aromatic nitrogens is 1. The number of aryl methyl sites for hydroxylation is 1. The third kappa shape index (κ3) is 3.34. The lowest BCUT2D eigenvalue weighted by Crippen LogP contribution is -2.01. The number of methoxy groups -OCH3 is 1. The highest BCUT2D eigenvalue weighted by Crippen LogP contribution is 2.10. The van der Waals surface area contributed by atoms with Crippen molar-refractivity contribution in [2.75, 3.05) is 20.3 Å². The number of ether oxygens (including phenoxy) is 2. The van der Waals surface area contributed by atoms with Gasteiger partial charge in [0.05, 0.1) is 18.9 Å². The maximum atomic E-state index is 10.6. The van der Waals surface area contributed by atoms with Crippen LogP contribution in [0.3, 0.4) is 0 Å². The van der Waals surface area contributed by atoms with Gasteiger partial charge in [-0.15, -0.1) is 0 Å². The van der Waals surface area contributed by atoms with E-state index in [1.807, 2.05) is 0 Å². The minimum atomic E-state index is -1.12. The highest BCUT2D eigenvalue weighted by molar-refractivity contribution is 5.85. The van der Waals surface area contributed by atoms with E-state index < -0.39 is 5.97 Å². The van der Waals surface area contributed by atoms with E-state index in [1.165, 1.54) is 0 Å². The highest BCUT2D eigenvalue weighted by Gasteiger charge is 2.15. The lowest BCUT2D eigenvalue weighted by atomic mass is 10.4. The fourth-order valence-corrected chi connectivity index (χ4v) is 1.01. The molecule has 0 unspecified atom stereocenters. The first-order chi connectivity index (χ1) is 7.15. The van der Waals surface area contributed by atoms with E-state index in [2.05, 4.69) is 4.98 Å². The monoisotopic (exact) mass is 215 g/mol. The molecule has 0 aromatic carbocycles. The number of aromatic carboxylic acids is 1. The number of carboxylic acid groups (broad SMARTS) is 1. The minimum Gasteiger partial charge on any atom is -0.475 e. The number of carbonyl (C=O) groups is 1. The van der Waals surface area contributed by atoms with E-state index >= 15 is 0 Å². The van der Waals surface area contributed by atoms with Crippen molar-refractivity contribution in [3.8, 4) is 0 Å². The van der Waals surface area contributed by atoms with Crippen LogP contribution in [-0.2, 0) is 16.1 Å².